The summed E-state index contributed by atoms with van der Waals surface area (Å²) in [4.78, 5) is 26.0. The molecule has 0 saturated heterocycles. The Morgan fingerprint density at radius 3 is 2.55 bits per heavy atom. The summed E-state index contributed by atoms with van der Waals surface area (Å²) in [7, 11) is 1.35. The summed E-state index contributed by atoms with van der Waals surface area (Å²) in [6.07, 6.45) is 0. The van der Waals surface area contributed by atoms with E-state index >= 15 is 0 Å². The van der Waals surface area contributed by atoms with Gasteiger partial charge in [-0.15, -0.1) is 0 Å². The summed E-state index contributed by atoms with van der Waals surface area (Å²) in [5, 5.41) is 3.28. The van der Waals surface area contributed by atoms with E-state index in [1.807, 2.05) is 56.3 Å². The average Bonchev–Trinajstić information content (AvgIpc) is 3.00. The third-order valence-electron chi connectivity index (χ3n) is 5.24. The number of fused-ring (bicyclic) bond motifs is 2. The number of ketones is 1. The SMILES string of the molecule is CCOc1ccc([C@H]2C(C(=O)OC)=C(C)NC3=C2C(=O)c2ccccc23)cc1Br. The number of hydrogen-bond donors (Lipinski definition) is 1. The van der Waals surface area contributed by atoms with Crippen molar-refractivity contribution in [3.63, 3.8) is 0 Å². The van der Waals surface area contributed by atoms with Gasteiger partial charge in [0.05, 0.1) is 29.5 Å². The lowest BCUT2D eigenvalue weighted by Crippen LogP contribution is -2.29. The Morgan fingerprint density at radius 1 is 1.17 bits per heavy atom. The lowest BCUT2D eigenvalue weighted by atomic mass is 9.80. The molecular weight excluding hydrogens is 434 g/mol. The summed E-state index contributed by atoms with van der Waals surface area (Å²) < 4.78 is 11.4. The van der Waals surface area contributed by atoms with Gasteiger partial charge in [-0.25, -0.2) is 4.79 Å². The van der Waals surface area contributed by atoms with Crippen molar-refractivity contribution < 1.29 is 19.1 Å². The van der Waals surface area contributed by atoms with Crippen LogP contribution in [0.3, 0.4) is 0 Å². The molecule has 148 valence electrons. The Morgan fingerprint density at radius 2 is 1.90 bits per heavy atom. The van der Waals surface area contributed by atoms with E-state index in [1.165, 1.54) is 7.11 Å². The molecule has 0 spiro atoms. The number of ether oxygens (including phenoxy) is 2. The van der Waals surface area contributed by atoms with Crippen molar-refractivity contribution in [3.05, 3.63) is 80.5 Å². The van der Waals surface area contributed by atoms with Crippen LogP contribution in [0.2, 0.25) is 0 Å². The maximum absolute atomic E-state index is 13.3. The molecule has 0 saturated carbocycles. The highest BCUT2D eigenvalue weighted by Gasteiger charge is 2.42. The van der Waals surface area contributed by atoms with Crippen LogP contribution in [0.4, 0.5) is 0 Å². The molecule has 0 amide bonds. The van der Waals surface area contributed by atoms with Crippen LogP contribution in [-0.2, 0) is 9.53 Å². The van der Waals surface area contributed by atoms with Crippen molar-refractivity contribution in [2.45, 2.75) is 19.8 Å². The first-order chi connectivity index (χ1) is 14.0. The molecule has 0 unspecified atom stereocenters. The molecule has 6 heteroatoms. The van der Waals surface area contributed by atoms with Crippen LogP contribution in [0.5, 0.6) is 5.75 Å². The second-order valence-electron chi connectivity index (χ2n) is 6.87. The van der Waals surface area contributed by atoms with Gasteiger partial charge in [-0.05, 0) is 47.5 Å². The molecule has 2 aromatic rings. The van der Waals surface area contributed by atoms with Gasteiger partial charge >= 0.3 is 5.97 Å². The molecule has 1 heterocycles. The van der Waals surface area contributed by atoms with E-state index in [2.05, 4.69) is 21.2 Å². The fraction of sp³-hybridized carbons (Fsp3) is 0.217. The minimum Gasteiger partial charge on any atom is -0.493 e. The minimum absolute atomic E-state index is 0.0768. The second kappa shape index (κ2) is 7.52. The molecule has 1 aliphatic heterocycles. The van der Waals surface area contributed by atoms with E-state index in [1.54, 1.807) is 0 Å². The summed E-state index contributed by atoms with van der Waals surface area (Å²) in [6.45, 7) is 4.29. The van der Waals surface area contributed by atoms with Crippen LogP contribution in [0.25, 0.3) is 5.70 Å². The Kier molecular flexibility index (Phi) is 5.04. The topological polar surface area (TPSA) is 64.6 Å². The van der Waals surface area contributed by atoms with E-state index in [0.717, 1.165) is 21.3 Å². The molecule has 0 fully saturated rings. The number of nitrogens with one attached hydrogen (secondary N) is 1. The third kappa shape index (κ3) is 3.08. The number of carbonyl (C=O) groups is 2. The number of halogens is 1. The van der Waals surface area contributed by atoms with E-state index < -0.39 is 11.9 Å². The number of Topliss-reactive ketones (excluding diaryl/α,β-unsaturated/α-hetero) is 1. The molecule has 1 atom stereocenters. The maximum Gasteiger partial charge on any atom is 0.336 e. The lowest BCUT2D eigenvalue weighted by molar-refractivity contribution is -0.136. The monoisotopic (exact) mass is 453 g/mol. The standard InChI is InChI=1S/C23H20BrNO4/c1-4-29-17-10-9-13(11-16(17)24)19-18(23(27)28-3)12(2)25-21-14-7-5-6-8-15(14)22(26)20(19)21/h5-11,19,25H,4H2,1-3H3/t19-/m0/s1. The number of rotatable bonds is 4. The predicted molar refractivity (Wildman–Crippen MR) is 114 cm³/mol. The van der Waals surface area contributed by atoms with Crippen molar-refractivity contribution >= 4 is 33.4 Å². The van der Waals surface area contributed by atoms with Gasteiger partial charge in [-0.2, -0.15) is 0 Å². The summed E-state index contributed by atoms with van der Waals surface area (Å²) in [5.74, 6) is -0.362. The molecular formula is C23H20BrNO4. The fourth-order valence-electron chi connectivity index (χ4n) is 4.01. The van der Waals surface area contributed by atoms with Crippen molar-refractivity contribution in [1.29, 1.82) is 0 Å². The summed E-state index contributed by atoms with van der Waals surface area (Å²) in [6, 6.07) is 13.1. The molecule has 0 aromatic heterocycles. The normalized spacial score (nSPS) is 17.7. The molecule has 29 heavy (non-hydrogen) atoms. The number of methoxy groups -OCH3 is 1. The van der Waals surface area contributed by atoms with Gasteiger partial charge in [0.1, 0.15) is 5.75 Å². The van der Waals surface area contributed by atoms with Gasteiger partial charge in [0.25, 0.3) is 0 Å². The van der Waals surface area contributed by atoms with Crippen molar-refractivity contribution in [1.82, 2.24) is 5.32 Å². The van der Waals surface area contributed by atoms with E-state index in [4.69, 9.17) is 9.47 Å². The highest BCUT2D eigenvalue weighted by Crippen LogP contribution is 2.47. The average molecular weight is 454 g/mol. The van der Waals surface area contributed by atoms with Crippen LogP contribution >= 0.6 is 15.9 Å². The number of carbonyl (C=O) groups excluding carboxylic acids is 2. The number of esters is 1. The van der Waals surface area contributed by atoms with Crippen molar-refractivity contribution in [3.8, 4) is 5.75 Å². The molecule has 5 nitrogen and oxygen atoms in total. The summed E-state index contributed by atoms with van der Waals surface area (Å²) >= 11 is 3.55. The molecule has 0 bridgehead atoms. The minimum atomic E-state index is -0.537. The Bertz CT molecular complexity index is 1100. The zero-order valence-corrected chi connectivity index (χ0v) is 17.9. The highest BCUT2D eigenvalue weighted by molar-refractivity contribution is 9.10. The maximum atomic E-state index is 13.3. The van der Waals surface area contributed by atoms with Gasteiger partial charge < -0.3 is 14.8 Å². The van der Waals surface area contributed by atoms with Gasteiger partial charge in [0.2, 0.25) is 0 Å². The Labute approximate surface area is 177 Å². The van der Waals surface area contributed by atoms with E-state index in [9.17, 15) is 9.59 Å². The first kappa shape index (κ1) is 19.5. The van der Waals surface area contributed by atoms with Gasteiger partial charge in [0.15, 0.2) is 5.78 Å². The van der Waals surface area contributed by atoms with Crippen LogP contribution in [-0.4, -0.2) is 25.5 Å². The molecule has 2 aliphatic rings. The van der Waals surface area contributed by atoms with Crippen LogP contribution < -0.4 is 10.1 Å². The number of hydrogen-bond acceptors (Lipinski definition) is 5. The largest absolute Gasteiger partial charge is 0.493 e. The molecule has 0 radical (unpaired) electrons. The van der Waals surface area contributed by atoms with Crippen molar-refractivity contribution in [2.75, 3.05) is 13.7 Å². The zero-order chi connectivity index (χ0) is 20.7. The quantitative estimate of drug-likeness (QED) is 0.685. The first-order valence-corrected chi connectivity index (χ1v) is 10.1. The summed E-state index contributed by atoms with van der Waals surface area (Å²) in [5.41, 5.74) is 4.73. The Hall–Kier alpha value is -2.86. The zero-order valence-electron chi connectivity index (χ0n) is 16.3. The second-order valence-corrected chi connectivity index (χ2v) is 7.73. The van der Waals surface area contributed by atoms with E-state index in [-0.39, 0.29) is 5.78 Å². The smallest absolute Gasteiger partial charge is 0.336 e. The first-order valence-electron chi connectivity index (χ1n) is 9.34. The van der Waals surface area contributed by atoms with Gasteiger partial charge in [-0.1, -0.05) is 30.3 Å². The fourth-order valence-corrected chi connectivity index (χ4v) is 4.52. The molecule has 1 aliphatic carbocycles. The molecule has 4 rings (SSSR count). The lowest BCUT2D eigenvalue weighted by Gasteiger charge is -2.29. The van der Waals surface area contributed by atoms with Crippen LogP contribution in [0, 0.1) is 0 Å². The van der Waals surface area contributed by atoms with Gasteiger partial charge in [-0.3, -0.25) is 4.79 Å². The molecule has 1 N–H and O–H groups in total. The number of benzene rings is 2. The number of allylic oxidation sites excluding steroid dienone is 2. The highest BCUT2D eigenvalue weighted by atomic mass is 79.9. The molecule has 2 aromatic carbocycles. The van der Waals surface area contributed by atoms with Crippen LogP contribution in [0.1, 0.15) is 41.3 Å². The number of dihydropyridines is 1. The predicted octanol–water partition coefficient (Wildman–Crippen LogP) is 4.59. The Balaban J connectivity index is 1.92. The van der Waals surface area contributed by atoms with E-state index in [0.29, 0.717) is 34.8 Å². The third-order valence-corrected chi connectivity index (χ3v) is 5.86. The van der Waals surface area contributed by atoms with Crippen LogP contribution in [0.15, 0.2) is 63.8 Å². The van der Waals surface area contributed by atoms with Crippen molar-refractivity contribution in [2.24, 2.45) is 0 Å². The van der Waals surface area contributed by atoms with Gasteiger partial charge in [0, 0.05) is 28.3 Å².